The Labute approximate surface area is 104 Å². The zero-order valence-corrected chi connectivity index (χ0v) is 10.0. The van der Waals surface area contributed by atoms with Crippen molar-refractivity contribution in [2.45, 2.75) is 12.5 Å². The second-order valence-corrected chi connectivity index (χ2v) is 4.23. The molecular weight excluding hydrogens is 238 g/mol. The molecule has 0 saturated carbocycles. The summed E-state index contributed by atoms with van der Waals surface area (Å²) in [6.07, 6.45) is 1.91. The summed E-state index contributed by atoms with van der Waals surface area (Å²) in [7, 11) is 1.62. The zero-order chi connectivity index (χ0) is 13.1. The van der Waals surface area contributed by atoms with E-state index in [1.54, 1.807) is 11.7 Å². The average molecular weight is 253 g/mol. The van der Waals surface area contributed by atoms with Crippen LogP contribution in [0.15, 0.2) is 6.20 Å². The molecule has 1 saturated heterocycles. The highest BCUT2D eigenvalue weighted by Crippen LogP contribution is 2.20. The number of nitrogens with zero attached hydrogens (tertiary/aromatic N) is 4. The average Bonchev–Trinajstić information content (AvgIpc) is 2.76. The van der Waals surface area contributed by atoms with Crippen LogP contribution in [0.25, 0.3) is 0 Å². The van der Waals surface area contributed by atoms with E-state index in [-0.39, 0.29) is 17.6 Å². The van der Waals surface area contributed by atoms with Gasteiger partial charge in [0, 0.05) is 33.1 Å². The molecule has 8 heteroatoms. The first kappa shape index (κ1) is 12.5. The summed E-state index contributed by atoms with van der Waals surface area (Å²) in [5.41, 5.74) is -0.0428. The normalized spacial score (nSPS) is 16.3. The van der Waals surface area contributed by atoms with E-state index in [2.05, 4.69) is 20.5 Å². The van der Waals surface area contributed by atoms with Crippen molar-refractivity contribution in [1.82, 2.24) is 25.2 Å². The summed E-state index contributed by atoms with van der Waals surface area (Å²) in [4.78, 5) is 23.8. The Hall–Kier alpha value is -1.96. The number of carboxylic acids is 1. The molecule has 1 aromatic heterocycles. The Morgan fingerprint density at radius 3 is 2.83 bits per heavy atom. The highest BCUT2D eigenvalue weighted by molar-refractivity contribution is 5.84. The fourth-order valence-electron chi connectivity index (χ4n) is 1.83. The number of nitrogens with one attached hydrogen (secondary N) is 1. The third-order valence-corrected chi connectivity index (χ3v) is 2.98. The van der Waals surface area contributed by atoms with E-state index in [0.29, 0.717) is 13.0 Å². The second-order valence-electron chi connectivity index (χ2n) is 4.23. The van der Waals surface area contributed by atoms with Crippen molar-refractivity contribution in [3.05, 3.63) is 11.9 Å². The van der Waals surface area contributed by atoms with Gasteiger partial charge in [-0.1, -0.05) is 5.21 Å². The smallest absolute Gasteiger partial charge is 0.358 e. The van der Waals surface area contributed by atoms with Crippen molar-refractivity contribution in [3.8, 4) is 0 Å². The van der Waals surface area contributed by atoms with Crippen LogP contribution in [0.3, 0.4) is 0 Å². The Kier molecular flexibility index (Phi) is 3.56. The van der Waals surface area contributed by atoms with Gasteiger partial charge in [0.1, 0.15) is 0 Å². The molecule has 1 amide bonds. The Morgan fingerprint density at radius 1 is 1.56 bits per heavy atom. The molecule has 2 rings (SSSR count). The van der Waals surface area contributed by atoms with Gasteiger partial charge in [0.25, 0.3) is 0 Å². The third kappa shape index (κ3) is 2.65. The van der Waals surface area contributed by atoms with E-state index in [4.69, 9.17) is 5.11 Å². The monoisotopic (exact) mass is 253 g/mol. The van der Waals surface area contributed by atoms with Crippen molar-refractivity contribution in [3.63, 3.8) is 0 Å². The van der Waals surface area contributed by atoms with Crippen LogP contribution in [0.4, 0.5) is 0 Å². The van der Waals surface area contributed by atoms with Gasteiger partial charge in [-0.25, -0.2) is 9.48 Å². The maximum atomic E-state index is 11.1. The maximum absolute atomic E-state index is 11.1. The summed E-state index contributed by atoms with van der Waals surface area (Å²) in [6, 6.07) is 0.148. The molecule has 0 radical (unpaired) electrons. The Bertz CT molecular complexity index is 452. The topological polar surface area (TPSA) is 100 Å². The van der Waals surface area contributed by atoms with Gasteiger partial charge >= 0.3 is 5.97 Å². The molecule has 1 aliphatic heterocycles. The first-order chi connectivity index (χ1) is 8.60. The Morgan fingerprint density at radius 2 is 2.28 bits per heavy atom. The third-order valence-electron chi connectivity index (χ3n) is 2.98. The molecule has 2 heterocycles. The van der Waals surface area contributed by atoms with E-state index < -0.39 is 5.97 Å². The van der Waals surface area contributed by atoms with Gasteiger partial charge in [-0.2, -0.15) is 0 Å². The zero-order valence-electron chi connectivity index (χ0n) is 10.0. The molecule has 0 bridgehead atoms. The second kappa shape index (κ2) is 5.13. The van der Waals surface area contributed by atoms with Crippen molar-refractivity contribution in [1.29, 1.82) is 0 Å². The van der Waals surface area contributed by atoms with Gasteiger partial charge in [0.2, 0.25) is 5.91 Å². The number of hydrogen-bond acceptors (Lipinski definition) is 5. The van der Waals surface area contributed by atoms with Crippen molar-refractivity contribution in [2.75, 3.05) is 26.7 Å². The minimum atomic E-state index is -1.07. The number of amides is 1. The molecule has 0 unspecified atom stereocenters. The predicted molar refractivity (Wildman–Crippen MR) is 61.1 cm³/mol. The largest absolute Gasteiger partial charge is 0.476 e. The summed E-state index contributed by atoms with van der Waals surface area (Å²) in [5.74, 6) is -1.05. The van der Waals surface area contributed by atoms with E-state index in [1.807, 2.05) is 0 Å². The lowest BCUT2D eigenvalue weighted by Gasteiger charge is -2.38. The molecule has 1 aliphatic rings. The minimum absolute atomic E-state index is 0.0207. The number of aromatic carboxylic acids is 1. The van der Waals surface area contributed by atoms with Gasteiger partial charge in [0.15, 0.2) is 5.69 Å². The van der Waals surface area contributed by atoms with Crippen LogP contribution >= 0.6 is 0 Å². The molecule has 2 N–H and O–H groups in total. The van der Waals surface area contributed by atoms with Crippen LogP contribution in [0.1, 0.15) is 23.0 Å². The lowest BCUT2D eigenvalue weighted by molar-refractivity contribution is -0.121. The number of carboxylic acid groups (broad SMARTS) is 1. The molecule has 18 heavy (non-hydrogen) atoms. The first-order valence-electron chi connectivity index (χ1n) is 5.68. The number of aromatic nitrogens is 3. The van der Waals surface area contributed by atoms with E-state index in [9.17, 15) is 9.59 Å². The maximum Gasteiger partial charge on any atom is 0.358 e. The lowest BCUT2D eigenvalue weighted by atomic mass is 10.1. The molecule has 0 spiro atoms. The summed E-state index contributed by atoms with van der Waals surface area (Å²) in [5, 5.41) is 18.6. The SMILES string of the molecule is CNC(=O)CCN1CC(n2cc(C(=O)O)nn2)C1. The molecule has 98 valence electrons. The number of rotatable bonds is 5. The molecule has 8 nitrogen and oxygen atoms in total. The standard InChI is InChI=1S/C10H15N5O3/c1-11-9(16)2-3-14-4-7(5-14)15-6-8(10(17)18)12-13-15/h6-7H,2-5H2,1H3,(H,11,16)(H,17,18). The summed E-state index contributed by atoms with van der Waals surface area (Å²) >= 11 is 0. The molecule has 0 aromatic carbocycles. The molecule has 0 atom stereocenters. The number of hydrogen-bond donors (Lipinski definition) is 2. The predicted octanol–water partition coefficient (Wildman–Crippen LogP) is -1.03. The summed E-state index contributed by atoms with van der Waals surface area (Å²) < 4.78 is 1.57. The van der Waals surface area contributed by atoms with Gasteiger partial charge < -0.3 is 10.4 Å². The van der Waals surface area contributed by atoms with Crippen molar-refractivity contribution in [2.24, 2.45) is 0 Å². The van der Waals surface area contributed by atoms with Crippen LogP contribution in [-0.4, -0.2) is 63.6 Å². The van der Waals surface area contributed by atoms with Gasteiger partial charge in [0.05, 0.1) is 12.2 Å². The quantitative estimate of drug-likeness (QED) is 0.696. The number of carbonyl (C=O) groups excluding carboxylic acids is 1. The molecule has 1 fully saturated rings. The Balaban J connectivity index is 1.78. The van der Waals surface area contributed by atoms with E-state index in [1.165, 1.54) is 6.20 Å². The van der Waals surface area contributed by atoms with Crippen LogP contribution in [0, 0.1) is 0 Å². The molecular formula is C10H15N5O3. The van der Waals surface area contributed by atoms with Crippen molar-refractivity contribution < 1.29 is 14.7 Å². The van der Waals surface area contributed by atoms with Crippen LogP contribution in [0.2, 0.25) is 0 Å². The minimum Gasteiger partial charge on any atom is -0.476 e. The number of carbonyl (C=O) groups is 2. The highest BCUT2D eigenvalue weighted by Gasteiger charge is 2.29. The highest BCUT2D eigenvalue weighted by atomic mass is 16.4. The van der Waals surface area contributed by atoms with E-state index >= 15 is 0 Å². The first-order valence-corrected chi connectivity index (χ1v) is 5.68. The fraction of sp³-hybridized carbons (Fsp3) is 0.600. The van der Waals surface area contributed by atoms with Gasteiger partial charge in [-0.15, -0.1) is 5.10 Å². The van der Waals surface area contributed by atoms with Crippen molar-refractivity contribution >= 4 is 11.9 Å². The molecule has 0 aliphatic carbocycles. The van der Waals surface area contributed by atoms with Crippen LogP contribution in [0.5, 0.6) is 0 Å². The summed E-state index contributed by atoms with van der Waals surface area (Å²) in [6.45, 7) is 2.23. The molecule has 1 aromatic rings. The lowest BCUT2D eigenvalue weighted by Crippen LogP contribution is -2.48. The van der Waals surface area contributed by atoms with Crippen LogP contribution in [-0.2, 0) is 4.79 Å². The van der Waals surface area contributed by atoms with Gasteiger partial charge in [-0.05, 0) is 0 Å². The number of likely N-dealkylation sites (tertiary alicyclic amines) is 1. The fourth-order valence-corrected chi connectivity index (χ4v) is 1.83. The van der Waals surface area contributed by atoms with Crippen LogP contribution < -0.4 is 5.32 Å². The van der Waals surface area contributed by atoms with Gasteiger partial charge in [-0.3, -0.25) is 9.69 Å². The van der Waals surface area contributed by atoms with E-state index in [0.717, 1.165) is 13.1 Å².